The van der Waals surface area contributed by atoms with Crippen molar-refractivity contribution in [2.45, 2.75) is 26.3 Å². The molecule has 0 fully saturated rings. The van der Waals surface area contributed by atoms with Gasteiger partial charge in [0.15, 0.2) is 5.01 Å². The maximum atomic E-state index is 11.3. The number of nitrogens with zero attached hydrogens (tertiary/aromatic N) is 2. The maximum absolute atomic E-state index is 11.3. The van der Waals surface area contributed by atoms with Crippen LogP contribution >= 0.6 is 11.3 Å². The smallest absolute Gasteiger partial charge is 0.294 e. The lowest BCUT2D eigenvalue weighted by Gasteiger charge is -2.19. The highest BCUT2D eigenvalue weighted by atomic mass is 32.1. The average Bonchev–Trinajstić information content (AvgIpc) is 2.83. The number of nitrogen functional groups attached to an aromatic ring is 1. The Hall–Kier alpha value is -1.02. The van der Waals surface area contributed by atoms with Crippen LogP contribution in [0.2, 0.25) is 0 Å². The molecule has 0 atom stereocenters. The Kier molecular flexibility index (Phi) is 6.81. The number of nitrogens with two attached hydrogens (primary N) is 1. The summed E-state index contributed by atoms with van der Waals surface area (Å²) in [4.78, 5) is 17.6. The van der Waals surface area contributed by atoms with Crippen LogP contribution in [0.5, 0.6) is 0 Å². The van der Waals surface area contributed by atoms with E-state index in [0.29, 0.717) is 18.1 Å². The first-order valence-corrected chi connectivity index (χ1v) is 6.87. The molecule has 6 nitrogen and oxygen atoms in total. The van der Waals surface area contributed by atoms with E-state index < -0.39 is 0 Å². The molecule has 0 saturated carbocycles. The average molecular weight is 272 g/mol. The number of amides is 1. The molecule has 1 aromatic heterocycles. The van der Waals surface area contributed by atoms with Gasteiger partial charge in [0.25, 0.3) is 5.91 Å². The lowest BCUT2D eigenvalue weighted by atomic mass is 10.3. The molecule has 0 spiro atoms. The fraction of sp³-hybridized carbons (Fsp3) is 0.636. The molecule has 1 aromatic rings. The molecule has 1 rings (SSSR count). The standard InChI is InChI=1S/C11H20N4O2S/c1-2-3-4-15(5-6-16)7-9-8-18-11(13-9)10(17)14-12/h8,16H,2-7,12H2,1H3,(H,14,17). The van der Waals surface area contributed by atoms with Crippen LogP contribution in [0.1, 0.15) is 35.3 Å². The summed E-state index contributed by atoms with van der Waals surface area (Å²) in [5, 5.41) is 11.2. The molecule has 1 heterocycles. The van der Waals surface area contributed by atoms with Crippen molar-refractivity contribution in [2.24, 2.45) is 5.84 Å². The van der Waals surface area contributed by atoms with E-state index in [0.717, 1.165) is 25.1 Å². The Labute approximate surface area is 111 Å². The fourth-order valence-corrected chi connectivity index (χ4v) is 2.28. The fourth-order valence-electron chi connectivity index (χ4n) is 1.57. The second kappa shape index (κ2) is 8.15. The van der Waals surface area contributed by atoms with Gasteiger partial charge in [-0.2, -0.15) is 0 Å². The van der Waals surface area contributed by atoms with Crippen LogP contribution in [0.15, 0.2) is 5.38 Å². The molecule has 0 aliphatic heterocycles. The zero-order valence-electron chi connectivity index (χ0n) is 10.6. The van der Waals surface area contributed by atoms with Crippen molar-refractivity contribution in [1.29, 1.82) is 0 Å². The Morgan fingerprint density at radius 1 is 1.61 bits per heavy atom. The van der Waals surface area contributed by atoms with Gasteiger partial charge in [-0.15, -0.1) is 11.3 Å². The van der Waals surface area contributed by atoms with E-state index in [4.69, 9.17) is 10.9 Å². The van der Waals surface area contributed by atoms with Crippen molar-refractivity contribution in [3.8, 4) is 0 Å². The second-order valence-corrected chi connectivity index (χ2v) is 4.83. The minimum Gasteiger partial charge on any atom is -0.395 e. The number of aromatic nitrogens is 1. The van der Waals surface area contributed by atoms with Gasteiger partial charge in [0.05, 0.1) is 12.3 Å². The normalized spacial score (nSPS) is 10.9. The molecule has 0 saturated heterocycles. The van der Waals surface area contributed by atoms with E-state index in [1.807, 2.05) is 5.38 Å². The molecular weight excluding hydrogens is 252 g/mol. The van der Waals surface area contributed by atoms with Gasteiger partial charge in [-0.25, -0.2) is 10.8 Å². The van der Waals surface area contributed by atoms with Crippen LogP contribution in [0, 0.1) is 0 Å². The van der Waals surface area contributed by atoms with E-state index in [1.165, 1.54) is 11.3 Å². The number of carbonyl (C=O) groups is 1. The van der Waals surface area contributed by atoms with Crippen LogP contribution in [0.25, 0.3) is 0 Å². The minimum absolute atomic E-state index is 0.129. The molecule has 0 aliphatic carbocycles. The number of nitrogens with one attached hydrogen (secondary N) is 1. The van der Waals surface area contributed by atoms with Crippen LogP contribution in [0.3, 0.4) is 0 Å². The van der Waals surface area contributed by atoms with Gasteiger partial charge in [-0.3, -0.25) is 15.1 Å². The first-order valence-electron chi connectivity index (χ1n) is 5.99. The van der Waals surface area contributed by atoms with Gasteiger partial charge in [-0.1, -0.05) is 13.3 Å². The number of aliphatic hydroxyl groups is 1. The van der Waals surface area contributed by atoms with Crippen LogP contribution in [-0.2, 0) is 6.54 Å². The first-order chi connectivity index (χ1) is 8.71. The molecule has 0 unspecified atom stereocenters. The third kappa shape index (κ3) is 4.69. The summed E-state index contributed by atoms with van der Waals surface area (Å²) in [6.07, 6.45) is 2.19. The van der Waals surface area contributed by atoms with Gasteiger partial charge >= 0.3 is 0 Å². The zero-order chi connectivity index (χ0) is 13.4. The molecule has 4 N–H and O–H groups in total. The predicted molar refractivity (Wildman–Crippen MR) is 71.0 cm³/mol. The van der Waals surface area contributed by atoms with Crippen molar-refractivity contribution >= 4 is 17.2 Å². The van der Waals surface area contributed by atoms with Crippen LogP contribution in [0.4, 0.5) is 0 Å². The Morgan fingerprint density at radius 3 is 3.00 bits per heavy atom. The number of hydrazine groups is 1. The van der Waals surface area contributed by atoms with Gasteiger partial charge in [0.1, 0.15) is 0 Å². The molecule has 7 heteroatoms. The quantitative estimate of drug-likeness (QED) is 0.361. The summed E-state index contributed by atoms with van der Waals surface area (Å²) in [6.45, 7) is 4.45. The Morgan fingerprint density at radius 2 is 2.39 bits per heavy atom. The molecular formula is C11H20N4O2S. The third-order valence-corrected chi connectivity index (χ3v) is 3.40. The highest BCUT2D eigenvalue weighted by Crippen LogP contribution is 2.12. The van der Waals surface area contributed by atoms with E-state index in [-0.39, 0.29) is 12.5 Å². The van der Waals surface area contributed by atoms with E-state index in [2.05, 4.69) is 22.2 Å². The molecule has 0 aliphatic rings. The number of hydrogen-bond donors (Lipinski definition) is 3. The van der Waals surface area contributed by atoms with E-state index in [9.17, 15) is 4.79 Å². The SMILES string of the molecule is CCCCN(CCO)Cc1csc(C(=O)NN)n1. The second-order valence-electron chi connectivity index (χ2n) is 3.97. The summed E-state index contributed by atoms with van der Waals surface area (Å²) in [6, 6.07) is 0. The molecule has 102 valence electrons. The Balaban J connectivity index is 2.57. The lowest BCUT2D eigenvalue weighted by Crippen LogP contribution is -2.30. The van der Waals surface area contributed by atoms with Crippen molar-refractivity contribution in [2.75, 3.05) is 19.7 Å². The molecule has 0 bridgehead atoms. The number of thiazole rings is 1. The molecule has 0 radical (unpaired) electrons. The van der Waals surface area contributed by atoms with Gasteiger partial charge in [0, 0.05) is 18.5 Å². The summed E-state index contributed by atoms with van der Waals surface area (Å²) < 4.78 is 0. The van der Waals surface area contributed by atoms with E-state index >= 15 is 0 Å². The first kappa shape index (κ1) is 15.0. The number of hydrogen-bond acceptors (Lipinski definition) is 6. The van der Waals surface area contributed by atoms with Crippen molar-refractivity contribution in [3.63, 3.8) is 0 Å². The minimum atomic E-state index is -0.367. The van der Waals surface area contributed by atoms with Gasteiger partial charge in [0.2, 0.25) is 0 Å². The summed E-state index contributed by atoms with van der Waals surface area (Å²) in [5.41, 5.74) is 2.90. The van der Waals surface area contributed by atoms with Crippen molar-refractivity contribution in [1.82, 2.24) is 15.3 Å². The predicted octanol–water partition coefficient (Wildman–Crippen LogP) is 0.341. The van der Waals surface area contributed by atoms with Gasteiger partial charge < -0.3 is 5.11 Å². The highest BCUT2D eigenvalue weighted by molar-refractivity contribution is 7.11. The molecule has 0 aromatic carbocycles. The number of rotatable bonds is 8. The highest BCUT2D eigenvalue weighted by Gasteiger charge is 2.12. The third-order valence-electron chi connectivity index (χ3n) is 2.51. The zero-order valence-corrected chi connectivity index (χ0v) is 11.4. The van der Waals surface area contributed by atoms with Gasteiger partial charge in [-0.05, 0) is 13.0 Å². The summed E-state index contributed by atoms with van der Waals surface area (Å²) >= 11 is 1.27. The largest absolute Gasteiger partial charge is 0.395 e. The van der Waals surface area contributed by atoms with Crippen molar-refractivity contribution < 1.29 is 9.90 Å². The maximum Gasteiger partial charge on any atom is 0.294 e. The molecule has 18 heavy (non-hydrogen) atoms. The number of carbonyl (C=O) groups excluding carboxylic acids is 1. The van der Waals surface area contributed by atoms with Crippen LogP contribution in [-0.4, -0.2) is 40.6 Å². The van der Waals surface area contributed by atoms with Crippen LogP contribution < -0.4 is 11.3 Å². The number of aliphatic hydroxyl groups excluding tert-OH is 1. The Bertz CT molecular complexity index is 370. The van der Waals surface area contributed by atoms with E-state index in [1.54, 1.807) is 0 Å². The lowest BCUT2D eigenvalue weighted by molar-refractivity contribution is 0.0952. The summed E-state index contributed by atoms with van der Waals surface area (Å²) in [7, 11) is 0. The monoisotopic (exact) mass is 272 g/mol. The van der Waals surface area contributed by atoms with Crippen molar-refractivity contribution in [3.05, 3.63) is 16.1 Å². The number of unbranched alkanes of at least 4 members (excludes halogenated alkanes) is 1. The summed E-state index contributed by atoms with van der Waals surface area (Å²) in [5.74, 6) is 4.68. The molecule has 1 amide bonds. The topological polar surface area (TPSA) is 91.5 Å².